The summed E-state index contributed by atoms with van der Waals surface area (Å²) >= 11 is 0. The second kappa shape index (κ2) is 10.1. The topological polar surface area (TPSA) is 58.6 Å². The minimum Gasteiger partial charge on any atom is -0.444 e. The Hall–Kier alpha value is -0.770. The molecule has 2 N–H and O–H groups in total. The van der Waals surface area contributed by atoms with Crippen molar-refractivity contribution in [1.82, 2.24) is 5.32 Å². The average Bonchev–Trinajstić information content (AvgIpc) is 2.31. The molecule has 0 heterocycles. The second-order valence-electron chi connectivity index (χ2n) is 6.15. The fraction of sp³-hybridized carbons (Fsp3) is 0.933. The van der Waals surface area contributed by atoms with Crippen LogP contribution in [0.1, 0.15) is 66.2 Å². The zero-order valence-electron chi connectivity index (χ0n) is 13.0. The van der Waals surface area contributed by atoms with Crippen molar-refractivity contribution in [3.05, 3.63) is 0 Å². The van der Waals surface area contributed by atoms with E-state index in [-0.39, 0.29) is 12.7 Å². The summed E-state index contributed by atoms with van der Waals surface area (Å²) in [5.74, 6) is 0.623. The number of unbranched alkanes of at least 4 members (excludes halogenated alkanes) is 3. The maximum absolute atomic E-state index is 11.6. The van der Waals surface area contributed by atoms with Gasteiger partial charge in [-0.25, -0.2) is 4.79 Å². The van der Waals surface area contributed by atoms with Crippen LogP contribution in [0.3, 0.4) is 0 Å². The van der Waals surface area contributed by atoms with Crippen molar-refractivity contribution in [1.29, 1.82) is 0 Å². The van der Waals surface area contributed by atoms with Crippen LogP contribution in [0.4, 0.5) is 4.79 Å². The van der Waals surface area contributed by atoms with Crippen molar-refractivity contribution in [2.75, 3.05) is 13.2 Å². The van der Waals surface area contributed by atoms with Gasteiger partial charge in [-0.05, 0) is 45.4 Å². The summed E-state index contributed by atoms with van der Waals surface area (Å²) in [5, 5.41) is 11.4. The molecule has 0 bridgehead atoms. The van der Waals surface area contributed by atoms with Crippen LogP contribution in [0.15, 0.2) is 0 Å². The van der Waals surface area contributed by atoms with Crippen molar-refractivity contribution in [3.63, 3.8) is 0 Å². The lowest BCUT2D eigenvalue weighted by Gasteiger charge is -2.26. The number of rotatable bonds is 10. The zero-order chi connectivity index (χ0) is 14.7. The molecule has 0 unspecified atom stereocenters. The number of nitrogens with one attached hydrogen (secondary N) is 1. The lowest BCUT2D eigenvalue weighted by molar-refractivity contribution is 0.0290. The van der Waals surface area contributed by atoms with Crippen LogP contribution < -0.4 is 5.32 Å². The summed E-state index contributed by atoms with van der Waals surface area (Å²) in [7, 11) is 0. The molecule has 0 aliphatic carbocycles. The number of ether oxygens (including phenoxy) is 1. The molecule has 114 valence electrons. The molecule has 0 aliphatic rings. The molecule has 0 spiro atoms. The third kappa shape index (κ3) is 12.0. The molecule has 4 nitrogen and oxygen atoms in total. The second-order valence-corrected chi connectivity index (χ2v) is 6.15. The quantitative estimate of drug-likeness (QED) is 0.599. The zero-order valence-corrected chi connectivity index (χ0v) is 13.0. The van der Waals surface area contributed by atoms with Gasteiger partial charge in [0.25, 0.3) is 0 Å². The molecule has 0 aromatic heterocycles. The first kappa shape index (κ1) is 18.2. The number of aliphatic hydroxyl groups excluding tert-OH is 1. The van der Waals surface area contributed by atoms with Gasteiger partial charge in [0, 0.05) is 13.2 Å². The van der Waals surface area contributed by atoms with E-state index in [1.807, 2.05) is 13.8 Å². The van der Waals surface area contributed by atoms with E-state index in [4.69, 9.17) is 9.84 Å². The Labute approximate surface area is 117 Å². The van der Waals surface area contributed by atoms with Gasteiger partial charge in [-0.3, -0.25) is 0 Å². The van der Waals surface area contributed by atoms with E-state index in [1.54, 1.807) is 0 Å². The monoisotopic (exact) mass is 273 g/mol. The summed E-state index contributed by atoms with van der Waals surface area (Å²) in [4.78, 5) is 11.6. The molecule has 0 aromatic rings. The summed E-state index contributed by atoms with van der Waals surface area (Å²) in [6, 6.07) is 0. The number of hydrogen-bond donors (Lipinski definition) is 2. The number of amides is 1. The highest BCUT2D eigenvalue weighted by Crippen LogP contribution is 2.20. The predicted octanol–water partition coefficient (Wildman–Crippen LogP) is 3.48. The van der Waals surface area contributed by atoms with Gasteiger partial charge in [-0.1, -0.05) is 26.7 Å². The van der Waals surface area contributed by atoms with Crippen molar-refractivity contribution in [2.24, 2.45) is 5.92 Å². The largest absolute Gasteiger partial charge is 0.444 e. The Morgan fingerprint density at radius 1 is 1.21 bits per heavy atom. The maximum Gasteiger partial charge on any atom is 0.407 e. The SMILES string of the molecule is CC(C)CCC(C)(C)OC(=O)NCCCCCCO. The summed E-state index contributed by atoms with van der Waals surface area (Å²) in [6.45, 7) is 9.14. The smallest absolute Gasteiger partial charge is 0.407 e. The molecule has 0 atom stereocenters. The molecule has 0 aliphatic heterocycles. The Morgan fingerprint density at radius 2 is 1.84 bits per heavy atom. The van der Waals surface area contributed by atoms with Gasteiger partial charge in [-0.15, -0.1) is 0 Å². The van der Waals surface area contributed by atoms with Crippen LogP contribution in [0.5, 0.6) is 0 Å². The number of carbonyl (C=O) groups is 1. The summed E-state index contributed by atoms with van der Waals surface area (Å²) in [6.07, 6.45) is 5.42. The summed E-state index contributed by atoms with van der Waals surface area (Å²) in [5.41, 5.74) is -0.398. The molecule has 0 saturated carbocycles. The minimum absolute atomic E-state index is 0.250. The Bertz CT molecular complexity index is 240. The molecule has 0 aromatic carbocycles. The van der Waals surface area contributed by atoms with Crippen molar-refractivity contribution < 1.29 is 14.6 Å². The fourth-order valence-corrected chi connectivity index (χ4v) is 1.76. The van der Waals surface area contributed by atoms with Crippen LogP contribution in [0.25, 0.3) is 0 Å². The molecule has 0 rings (SSSR count). The van der Waals surface area contributed by atoms with E-state index in [2.05, 4.69) is 19.2 Å². The lowest BCUT2D eigenvalue weighted by Crippen LogP contribution is -2.35. The maximum atomic E-state index is 11.6. The first-order valence-corrected chi connectivity index (χ1v) is 7.45. The molecule has 0 radical (unpaired) electrons. The highest BCUT2D eigenvalue weighted by Gasteiger charge is 2.22. The molecule has 19 heavy (non-hydrogen) atoms. The molecular weight excluding hydrogens is 242 g/mol. The highest BCUT2D eigenvalue weighted by molar-refractivity contribution is 5.67. The van der Waals surface area contributed by atoms with Crippen LogP contribution in [0.2, 0.25) is 0 Å². The third-order valence-electron chi connectivity index (χ3n) is 3.05. The van der Waals surface area contributed by atoms with Crippen molar-refractivity contribution in [3.8, 4) is 0 Å². The van der Waals surface area contributed by atoms with Gasteiger partial charge >= 0.3 is 6.09 Å². The molecule has 0 saturated heterocycles. The van der Waals surface area contributed by atoms with Gasteiger partial charge in [0.15, 0.2) is 0 Å². The van der Waals surface area contributed by atoms with Crippen LogP contribution in [0, 0.1) is 5.92 Å². The van der Waals surface area contributed by atoms with E-state index >= 15 is 0 Å². The standard InChI is InChI=1S/C15H31NO3/c1-13(2)9-10-15(3,4)19-14(18)16-11-7-5-6-8-12-17/h13,17H,5-12H2,1-4H3,(H,16,18). The summed E-state index contributed by atoms with van der Waals surface area (Å²) < 4.78 is 5.43. The van der Waals surface area contributed by atoms with Crippen LogP contribution in [-0.4, -0.2) is 30.0 Å². The number of aliphatic hydroxyl groups is 1. The van der Waals surface area contributed by atoms with Crippen molar-refractivity contribution in [2.45, 2.75) is 71.8 Å². The predicted molar refractivity (Wildman–Crippen MR) is 78.2 cm³/mol. The van der Waals surface area contributed by atoms with Gasteiger partial charge in [0.1, 0.15) is 5.60 Å². The van der Waals surface area contributed by atoms with Gasteiger partial charge < -0.3 is 15.2 Å². The van der Waals surface area contributed by atoms with Gasteiger partial charge in [0.05, 0.1) is 0 Å². The first-order valence-electron chi connectivity index (χ1n) is 7.45. The number of hydrogen-bond acceptors (Lipinski definition) is 3. The van der Waals surface area contributed by atoms with Crippen molar-refractivity contribution >= 4 is 6.09 Å². The van der Waals surface area contributed by atoms with E-state index < -0.39 is 5.60 Å². The number of alkyl carbamates (subject to hydrolysis) is 1. The van der Waals surface area contributed by atoms with E-state index in [0.717, 1.165) is 38.5 Å². The van der Waals surface area contributed by atoms with Crippen LogP contribution in [-0.2, 0) is 4.74 Å². The van der Waals surface area contributed by atoms with Gasteiger partial charge in [0.2, 0.25) is 0 Å². The first-order chi connectivity index (χ1) is 8.87. The fourth-order valence-electron chi connectivity index (χ4n) is 1.76. The third-order valence-corrected chi connectivity index (χ3v) is 3.05. The van der Waals surface area contributed by atoms with E-state index in [1.165, 1.54) is 0 Å². The van der Waals surface area contributed by atoms with Gasteiger partial charge in [-0.2, -0.15) is 0 Å². The molecule has 4 heteroatoms. The molecular formula is C15H31NO3. The Balaban J connectivity index is 3.66. The van der Waals surface area contributed by atoms with Crippen LogP contribution >= 0.6 is 0 Å². The average molecular weight is 273 g/mol. The molecule has 0 fully saturated rings. The Morgan fingerprint density at radius 3 is 2.42 bits per heavy atom. The molecule has 1 amide bonds. The Kier molecular flexibility index (Phi) is 9.66. The lowest BCUT2D eigenvalue weighted by atomic mass is 9.97. The van der Waals surface area contributed by atoms with E-state index in [0.29, 0.717) is 12.5 Å². The van der Waals surface area contributed by atoms with E-state index in [9.17, 15) is 4.79 Å². The highest BCUT2D eigenvalue weighted by atomic mass is 16.6. The normalized spacial score (nSPS) is 11.7. The number of carbonyl (C=O) groups excluding carboxylic acids is 1. The minimum atomic E-state index is -0.398.